The maximum absolute atomic E-state index is 10.1. The lowest BCUT2D eigenvalue weighted by Crippen LogP contribution is -2.40. The Balaban J connectivity index is 1.72. The van der Waals surface area contributed by atoms with Gasteiger partial charge in [0.1, 0.15) is 18.5 Å². The zero-order valence-corrected chi connectivity index (χ0v) is 13.6. The monoisotopic (exact) mass is 291 g/mol. The number of rotatable bonds is 6. The standard InChI is InChI=1S/C18H29NO2/c1-14(2)16-4-6-18(7-5-16)21-13-17(20)12-19-10-8-15(3)9-11-19/h4-7,14-15,17,20H,8-13H2,1-3H3/t17-/m1/s1. The average molecular weight is 291 g/mol. The molecule has 1 aromatic carbocycles. The van der Waals surface area contributed by atoms with Crippen LogP contribution in [0.1, 0.15) is 45.1 Å². The Labute approximate surface area is 128 Å². The molecule has 1 aliphatic heterocycles. The highest BCUT2D eigenvalue weighted by molar-refractivity contribution is 5.28. The number of benzene rings is 1. The van der Waals surface area contributed by atoms with Crippen molar-refractivity contribution in [2.24, 2.45) is 5.92 Å². The molecule has 1 aromatic rings. The van der Waals surface area contributed by atoms with Crippen molar-refractivity contribution in [1.29, 1.82) is 0 Å². The van der Waals surface area contributed by atoms with Crippen LogP contribution < -0.4 is 4.74 Å². The van der Waals surface area contributed by atoms with E-state index in [0.717, 1.165) is 31.3 Å². The fourth-order valence-corrected chi connectivity index (χ4v) is 2.74. The molecule has 0 radical (unpaired) electrons. The number of ether oxygens (including phenoxy) is 1. The first-order valence-electron chi connectivity index (χ1n) is 8.17. The van der Waals surface area contributed by atoms with Crippen LogP contribution in [0.3, 0.4) is 0 Å². The van der Waals surface area contributed by atoms with Crippen molar-refractivity contribution in [2.45, 2.75) is 45.6 Å². The van der Waals surface area contributed by atoms with E-state index >= 15 is 0 Å². The third kappa shape index (κ3) is 5.33. The molecule has 21 heavy (non-hydrogen) atoms. The van der Waals surface area contributed by atoms with Crippen molar-refractivity contribution in [3.63, 3.8) is 0 Å². The molecule has 1 N–H and O–H groups in total. The quantitative estimate of drug-likeness (QED) is 0.873. The molecule has 2 rings (SSSR count). The summed E-state index contributed by atoms with van der Waals surface area (Å²) >= 11 is 0. The van der Waals surface area contributed by atoms with Crippen molar-refractivity contribution >= 4 is 0 Å². The second-order valence-electron chi connectivity index (χ2n) is 6.67. The molecular weight excluding hydrogens is 262 g/mol. The van der Waals surface area contributed by atoms with Gasteiger partial charge in [-0.15, -0.1) is 0 Å². The third-order valence-electron chi connectivity index (χ3n) is 4.33. The molecule has 0 aromatic heterocycles. The minimum absolute atomic E-state index is 0.368. The van der Waals surface area contributed by atoms with E-state index in [1.54, 1.807) is 0 Å². The van der Waals surface area contributed by atoms with Crippen LogP contribution in [0.4, 0.5) is 0 Å². The maximum Gasteiger partial charge on any atom is 0.119 e. The summed E-state index contributed by atoms with van der Waals surface area (Å²) in [5.74, 6) is 2.20. The fraction of sp³-hybridized carbons (Fsp3) is 0.667. The summed E-state index contributed by atoms with van der Waals surface area (Å²) in [6.07, 6.45) is 2.07. The zero-order chi connectivity index (χ0) is 15.2. The second kappa shape index (κ2) is 7.81. The van der Waals surface area contributed by atoms with Crippen LogP contribution in [-0.2, 0) is 0 Å². The van der Waals surface area contributed by atoms with Crippen molar-refractivity contribution in [3.8, 4) is 5.75 Å². The first-order valence-corrected chi connectivity index (χ1v) is 8.17. The van der Waals surface area contributed by atoms with Crippen LogP contribution in [-0.4, -0.2) is 42.4 Å². The zero-order valence-electron chi connectivity index (χ0n) is 13.6. The summed E-state index contributed by atoms with van der Waals surface area (Å²) in [6, 6.07) is 8.17. The van der Waals surface area contributed by atoms with Gasteiger partial charge in [-0.3, -0.25) is 0 Å². The molecule has 0 saturated carbocycles. The average Bonchev–Trinajstić information content (AvgIpc) is 2.48. The van der Waals surface area contributed by atoms with Crippen molar-refractivity contribution in [1.82, 2.24) is 4.90 Å². The molecular formula is C18H29NO2. The largest absolute Gasteiger partial charge is 0.491 e. The number of nitrogens with zero attached hydrogens (tertiary/aromatic N) is 1. The highest BCUT2D eigenvalue weighted by Gasteiger charge is 2.18. The van der Waals surface area contributed by atoms with Gasteiger partial charge in [0.25, 0.3) is 0 Å². The molecule has 0 bridgehead atoms. The Morgan fingerprint density at radius 3 is 2.38 bits per heavy atom. The van der Waals surface area contributed by atoms with Gasteiger partial charge in [0.2, 0.25) is 0 Å². The lowest BCUT2D eigenvalue weighted by Gasteiger charge is -2.31. The van der Waals surface area contributed by atoms with Crippen LogP contribution in [0.2, 0.25) is 0 Å². The molecule has 0 aliphatic carbocycles. The highest BCUT2D eigenvalue weighted by Crippen LogP contribution is 2.19. The summed E-state index contributed by atoms with van der Waals surface area (Å²) < 4.78 is 5.69. The SMILES string of the molecule is CC1CCN(C[C@@H](O)COc2ccc(C(C)C)cc2)CC1. The minimum Gasteiger partial charge on any atom is -0.491 e. The first kappa shape index (κ1) is 16.3. The topological polar surface area (TPSA) is 32.7 Å². The van der Waals surface area contributed by atoms with Gasteiger partial charge in [-0.25, -0.2) is 0 Å². The lowest BCUT2D eigenvalue weighted by molar-refractivity contribution is 0.0563. The van der Waals surface area contributed by atoms with E-state index in [1.165, 1.54) is 18.4 Å². The molecule has 1 saturated heterocycles. The van der Waals surface area contributed by atoms with Gasteiger partial charge in [0.15, 0.2) is 0 Å². The molecule has 3 heteroatoms. The number of aliphatic hydroxyl groups is 1. The summed E-state index contributed by atoms with van der Waals surface area (Å²) in [7, 11) is 0. The van der Waals surface area contributed by atoms with E-state index in [-0.39, 0.29) is 0 Å². The number of hydrogen-bond acceptors (Lipinski definition) is 3. The number of hydrogen-bond donors (Lipinski definition) is 1. The predicted molar refractivity (Wildman–Crippen MR) is 86.9 cm³/mol. The molecule has 0 spiro atoms. The lowest BCUT2D eigenvalue weighted by atomic mass is 9.99. The summed E-state index contributed by atoms with van der Waals surface area (Å²) in [6.45, 7) is 9.95. The molecule has 0 amide bonds. The van der Waals surface area contributed by atoms with Gasteiger partial charge in [-0.05, 0) is 55.5 Å². The first-order chi connectivity index (χ1) is 10.0. The van der Waals surface area contributed by atoms with Gasteiger partial charge in [-0.1, -0.05) is 32.9 Å². The van der Waals surface area contributed by atoms with E-state index in [0.29, 0.717) is 12.5 Å². The van der Waals surface area contributed by atoms with Crippen LogP contribution >= 0.6 is 0 Å². The van der Waals surface area contributed by atoms with Crippen molar-refractivity contribution < 1.29 is 9.84 Å². The number of aliphatic hydroxyl groups excluding tert-OH is 1. The Kier molecular flexibility index (Phi) is 6.07. The van der Waals surface area contributed by atoms with Crippen molar-refractivity contribution in [3.05, 3.63) is 29.8 Å². The van der Waals surface area contributed by atoms with Gasteiger partial charge >= 0.3 is 0 Å². The van der Waals surface area contributed by atoms with Crippen LogP contribution in [0.25, 0.3) is 0 Å². The summed E-state index contributed by atoms with van der Waals surface area (Å²) in [5.41, 5.74) is 1.31. The number of piperidine rings is 1. The van der Waals surface area contributed by atoms with E-state index in [1.807, 2.05) is 12.1 Å². The van der Waals surface area contributed by atoms with Crippen LogP contribution in [0.15, 0.2) is 24.3 Å². The minimum atomic E-state index is -0.414. The van der Waals surface area contributed by atoms with Crippen LogP contribution in [0.5, 0.6) is 5.75 Å². The normalized spacial score (nSPS) is 18.9. The third-order valence-corrected chi connectivity index (χ3v) is 4.33. The van der Waals surface area contributed by atoms with Gasteiger partial charge in [0.05, 0.1) is 0 Å². The van der Waals surface area contributed by atoms with Gasteiger partial charge in [-0.2, -0.15) is 0 Å². The maximum atomic E-state index is 10.1. The Morgan fingerprint density at radius 2 is 1.81 bits per heavy atom. The summed E-state index contributed by atoms with van der Waals surface area (Å²) in [4.78, 5) is 2.34. The van der Waals surface area contributed by atoms with Crippen molar-refractivity contribution in [2.75, 3.05) is 26.2 Å². The Hall–Kier alpha value is -1.06. The highest BCUT2D eigenvalue weighted by atomic mass is 16.5. The molecule has 1 fully saturated rings. The van der Waals surface area contributed by atoms with Gasteiger partial charge in [0, 0.05) is 6.54 Å². The van der Waals surface area contributed by atoms with E-state index in [2.05, 4.69) is 37.8 Å². The van der Waals surface area contributed by atoms with E-state index < -0.39 is 6.10 Å². The molecule has 1 heterocycles. The van der Waals surface area contributed by atoms with Crippen LogP contribution in [0, 0.1) is 5.92 Å². The number of β-amino-alcohol motifs (C(OH)–C–C–N with tert-alkyl or cyclic N) is 1. The number of likely N-dealkylation sites (tertiary alicyclic amines) is 1. The molecule has 118 valence electrons. The molecule has 1 aliphatic rings. The smallest absolute Gasteiger partial charge is 0.119 e. The molecule has 1 atom stereocenters. The fourth-order valence-electron chi connectivity index (χ4n) is 2.74. The van der Waals surface area contributed by atoms with E-state index in [4.69, 9.17) is 4.74 Å². The predicted octanol–water partition coefficient (Wildman–Crippen LogP) is 3.28. The Morgan fingerprint density at radius 1 is 1.19 bits per heavy atom. The van der Waals surface area contributed by atoms with Gasteiger partial charge < -0.3 is 14.7 Å². The molecule has 3 nitrogen and oxygen atoms in total. The molecule has 0 unspecified atom stereocenters. The summed E-state index contributed by atoms with van der Waals surface area (Å²) in [5, 5.41) is 10.1. The Bertz CT molecular complexity index is 408. The van der Waals surface area contributed by atoms with E-state index in [9.17, 15) is 5.11 Å². The second-order valence-corrected chi connectivity index (χ2v) is 6.67.